The molecule has 1 aliphatic rings. The zero-order valence-corrected chi connectivity index (χ0v) is 9.30. The molecule has 0 aromatic heterocycles. The standard InChI is InChI=1S/C12H14FNO3/c13-11-5-9(6-15)1-2-12(11)14-3-4-17-8-10(14)7-16/h1-2,5-6,10,16H,3-4,7-8H2. The van der Waals surface area contributed by atoms with Crippen molar-refractivity contribution in [1.29, 1.82) is 0 Å². The number of hydrogen-bond acceptors (Lipinski definition) is 4. The highest BCUT2D eigenvalue weighted by atomic mass is 19.1. The summed E-state index contributed by atoms with van der Waals surface area (Å²) in [6, 6.07) is 4.09. The Morgan fingerprint density at radius 1 is 1.59 bits per heavy atom. The maximum Gasteiger partial charge on any atom is 0.150 e. The van der Waals surface area contributed by atoms with Crippen LogP contribution in [0.2, 0.25) is 0 Å². The predicted octanol–water partition coefficient (Wildman–Crippen LogP) is 0.836. The van der Waals surface area contributed by atoms with Gasteiger partial charge in [0.2, 0.25) is 0 Å². The fraction of sp³-hybridized carbons (Fsp3) is 0.417. The molecule has 0 radical (unpaired) electrons. The van der Waals surface area contributed by atoms with E-state index in [0.29, 0.717) is 37.3 Å². The van der Waals surface area contributed by atoms with E-state index < -0.39 is 5.82 Å². The van der Waals surface area contributed by atoms with Crippen LogP contribution in [0.25, 0.3) is 0 Å². The topological polar surface area (TPSA) is 49.8 Å². The zero-order chi connectivity index (χ0) is 12.3. The number of aliphatic hydroxyl groups is 1. The molecule has 92 valence electrons. The molecule has 1 atom stereocenters. The molecule has 1 saturated heterocycles. The molecule has 4 nitrogen and oxygen atoms in total. The third-order valence-corrected chi connectivity index (χ3v) is 2.86. The Morgan fingerprint density at radius 2 is 2.41 bits per heavy atom. The van der Waals surface area contributed by atoms with E-state index in [1.54, 1.807) is 17.0 Å². The molecule has 1 fully saturated rings. The fourth-order valence-electron chi connectivity index (χ4n) is 1.95. The molecule has 2 rings (SSSR count). The molecule has 1 unspecified atom stereocenters. The maximum atomic E-state index is 13.8. The molecular weight excluding hydrogens is 225 g/mol. The number of benzene rings is 1. The number of nitrogens with zero attached hydrogens (tertiary/aromatic N) is 1. The number of rotatable bonds is 3. The SMILES string of the molecule is O=Cc1ccc(N2CCOCC2CO)c(F)c1. The van der Waals surface area contributed by atoms with Crippen LogP contribution in [0.3, 0.4) is 0 Å². The van der Waals surface area contributed by atoms with Crippen molar-refractivity contribution in [1.82, 2.24) is 0 Å². The molecule has 0 bridgehead atoms. The maximum absolute atomic E-state index is 13.8. The van der Waals surface area contributed by atoms with E-state index in [2.05, 4.69) is 0 Å². The summed E-state index contributed by atoms with van der Waals surface area (Å²) < 4.78 is 19.0. The van der Waals surface area contributed by atoms with Gasteiger partial charge in [-0.1, -0.05) is 0 Å². The second kappa shape index (κ2) is 5.25. The zero-order valence-electron chi connectivity index (χ0n) is 9.30. The first-order chi connectivity index (χ1) is 8.26. The van der Waals surface area contributed by atoms with Crippen LogP contribution in [-0.2, 0) is 4.74 Å². The van der Waals surface area contributed by atoms with E-state index in [1.165, 1.54) is 6.07 Å². The van der Waals surface area contributed by atoms with E-state index >= 15 is 0 Å². The smallest absolute Gasteiger partial charge is 0.150 e. The van der Waals surface area contributed by atoms with Gasteiger partial charge in [-0.3, -0.25) is 4.79 Å². The quantitative estimate of drug-likeness (QED) is 0.794. The number of carbonyl (C=O) groups excluding carboxylic acids is 1. The summed E-state index contributed by atoms with van der Waals surface area (Å²) >= 11 is 0. The van der Waals surface area contributed by atoms with Crippen LogP contribution in [0, 0.1) is 5.82 Å². The lowest BCUT2D eigenvalue weighted by molar-refractivity contribution is 0.0723. The van der Waals surface area contributed by atoms with E-state index in [1.807, 2.05) is 0 Å². The fourth-order valence-corrected chi connectivity index (χ4v) is 1.95. The third kappa shape index (κ3) is 2.45. The number of morpholine rings is 1. The minimum absolute atomic E-state index is 0.0884. The number of carbonyl (C=O) groups is 1. The summed E-state index contributed by atoms with van der Waals surface area (Å²) in [6.45, 7) is 1.33. The van der Waals surface area contributed by atoms with Crippen LogP contribution in [0.4, 0.5) is 10.1 Å². The highest BCUT2D eigenvalue weighted by Gasteiger charge is 2.24. The minimum atomic E-state index is -0.449. The van der Waals surface area contributed by atoms with Gasteiger partial charge in [-0.25, -0.2) is 4.39 Å². The second-order valence-corrected chi connectivity index (χ2v) is 3.93. The molecule has 1 aliphatic heterocycles. The lowest BCUT2D eigenvalue weighted by Crippen LogP contribution is -2.48. The van der Waals surface area contributed by atoms with Gasteiger partial charge in [0.05, 0.1) is 31.5 Å². The van der Waals surface area contributed by atoms with Gasteiger partial charge in [0, 0.05) is 12.1 Å². The highest BCUT2D eigenvalue weighted by Crippen LogP contribution is 2.23. The summed E-state index contributed by atoms with van der Waals surface area (Å²) in [4.78, 5) is 12.3. The Morgan fingerprint density at radius 3 is 3.06 bits per heavy atom. The summed E-state index contributed by atoms with van der Waals surface area (Å²) in [5.41, 5.74) is 0.706. The largest absolute Gasteiger partial charge is 0.394 e. The molecule has 1 aromatic rings. The van der Waals surface area contributed by atoms with Crippen molar-refractivity contribution < 1.29 is 19.0 Å². The summed E-state index contributed by atoms with van der Waals surface area (Å²) in [5, 5.41) is 9.21. The monoisotopic (exact) mass is 239 g/mol. The number of ether oxygens (including phenoxy) is 1. The Labute approximate surface area is 98.6 Å². The summed E-state index contributed by atoms with van der Waals surface area (Å²) in [6.07, 6.45) is 0.607. The molecule has 17 heavy (non-hydrogen) atoms. The molecule has 0 saturated carbocycles. The van der Waals surface area contributed by atoms with Crippen molar-refractivity contribution in [3.05, 3.63) is 29.6 Å². The normalized spacial score (nSPS) is 20.4. The Hall–Kier alpha value is -1.46. The molecule has 5 heteroatoms. The number of aldehydes is 1. The molecule has 1 heterocycles. The van der Waals surface area contributed by atoms with Crippen LogP contribution in [-0.4, -0.2) is 43.8 Å². The third-order valence-electron chi connectivity index (χ3n) is 2.86. The van der Waals surface area contributed by atoms with Crippen LogP contribution >= 0.6 is 0 Å². The van der Waals surface area contributed by atoms with Crippen molar-refractivity contribution in [2.24, 2.45) is 0 Å². The first-order valence-electron chi connectivity index (χ1n) is 5.46. The molecule has 1 N–H and O–H groups in total. The van der Waals surface area contributed by atoms with E-state index in [-0.39, 0.29) is 12.6 Å². The molecule has 1 aromatic carbocycles. The minimum Gasteiger partial charge on any atom is -0.394 e. The lowest BCUT2D eigenvalue weighted by Gasteiger charge is -2.36. The highest BCUT2D eigenvalue weighted by molar-refractivity contribution is 5.76. The van der Waals surface area contributed by atoms with Gasteiger partial charge >= 0.3 is 0 Å². The van der Waals surface area contributed by atoms with E-state index in [4.69, 9.17) is 4.74 Å². The van der Waals surface area contributed by atoms with Gasteiger partial charge in [-0.15, -0.1) is 0 Å². The van der Waals surface area contributed by atoms with Crippen molar-refractivity contribution in [3.8, 4) is 0 Å². The van der Waals surface area contributed by atoms with Crippen molar-refractivity contribution in [2.75, 3.05) is 31.3 Å². The van der Waals surface area contributed by atoms with Gasteiger partial charge < -0.3 is 14.7 Å². The van der Waals surface area contributed by atoms with Crippen LogP contribution < -0.4 is 4.90 Å². The summed E-state index contributed by atoms with van der Waals surface area (Å²) in [5.74, 6) is -0.449. The van der Waals surface area contributed by atoms with Gasteiger partial charge in [0.15, 0.2) is 0 Å². The van der Waals surface area contributed by atoms with E-state index in [9.17, 15) is 14.3 Å². The van der Waals surface area contributed by atoms with Gasteiger partial charge in [-0.05, 0) is 18.2 Å². The Bertz CT molecular complexity index is 411. The average Bonchev–Trinajstić information content (AvgIpc) is 2.38. The lowest BCUT2D eigenvalue weighted by atomic mass is 10.1. The van der Waals surface area contributed by atoms with Crippen LogP contribution in [0.5, 0.6) is 0 Å². The van der Waals surface area contributed by atoms with Crippen molar-refractivity contribution in [3.63, 3.8) is 0 Å². The predicted molar refractivity (Wildman–Crippen MR) is 60.8 cm³/mol. The average molecular weight is 239 g/mol. The second-order valence-electron chi connectivity index (χ2n) is 3.93. The number of hydrogen-bond donors (Lipinski definition) is 1. The van der Waals surface area contributed by atoms with Gasteiger partial charge in [-0.2, -0.15) is 0 Å². The van der Waals surface area contributed by atoms with Gasteiger partial charge in [0.25, 0.3) is 0 Å². The molecule has 0 amide bonds. The molecule has 0 spiro atoms. The molecule has 0 aliphatic carbocycles. The Balaban J connectivity index is 2.28. The molecular formula is C12H14FNO3. The summed E-state index contributed by atoms with van der Waals surface area (Å²) in [7, 11) is 0. The van der Waals surface area contributed by atoms with Crippen LogP contribution in [0.15, 0.2) is 18.2 Å². The van der Waals surface area contributed by atoms with Gasteiger partial charge in [0.1, 0.15) is 12.1 Å². The Kier molecular flexibility index (Phi) is 3.71. The van der Waals surface area contributed by atoms with Crippen LogP contribution in [0.1, 0.15) is 10.4 Å². The van der Waals surface area contributed by atoms with Crippen molar-refractivity contribution in [2.45, 2.75) is 6.04 Å². The van der Waals surface area contributed by atoms with E-state index in [0.717, 1.165) is 0 Å². The number of aliphatic hydroxyl groups excluding tert-OH is 1. The number of halogens is 1. The number of anilines is 1. The first kappa shape index (κ1) is 12.0. The first-order valence-corrected chi connectivity index (χ1v) is 5.46. The van der Waals surface area contributed by atoms with Crippen molar-refractivity contribution >= 4 is 12.0 Å².